The maximum atomic E-state index is 12.3. The summed E-state index contributed by atoms with van der Waals surface area (Å²) in [6.45, 7) is 5.05. The summed E-state index contributed by atoms with van der Waals surface area (Å²) in [7, 11) is -3.10. The molecule has 0 bridgehead atoms. The molecule has 0 amide bonds. The summed E-state index contributed by atoms with van der Waals surface area (Å²) in [5, 5.41) is 0. The van der Waals surface area contributed by atoms with Crippen molar-refractivity contribution < 1.29 is 17.9 Å². The highest BCUT2D eigenvalue weighted by Gasteiger charge is 2.47. The van der Waals surface area contributed by atoms with Crippen LogP contribution < -0.4 is 0 Å². The van der Waals surface area contributed by atoms with Crippen molar-refractivity contribution in [3.63, 3.8) is 0 Å². The first-order valence-electron chi connectivity index (χ1n) is 9.65. The van der Waals surface area contributed by atoms with Crippen LogP contribution in [0.3, 0.4) is 0 Å². The zero-order valence-electron chi connectivity index (χ0n) is 15.6. The van der Waals surface area contributed by atoms with Gasteiger partial charge in [0.1, 0.15) is 0 Å². The maximum absolute atomic E-state index is 12.3. The number of hydrogen-bond donors (Lipinski definition) is 0. The molecule has 0 aromatic carbocycles. The Morgan fingerprint density at radius 3 is 2.85 bits per heavy atom. The second-order valence-electron chi connectivity index (χ2n) is 7.28. The Morgan fingerprint density at radius 1 is 1.35 bits per heavy atom. The van der Waals surface area contributed by atoms with Crippen LogP contribution in [0.15, 0.2) is 24.4 Å². The Hall–Kier alpha value is -1.02. The molecule has 0 radical (unpaired) electrons. The van der Waals surface area contributed by atoms with Gasteiger partial charge in [-0.25, -0.2) is 12.7 Å². The second-order valence-corrected chi connectivity index (χ2v) is 9.36. The van der Waals surface area contributed by atoms with Crippen molar-refractivity contribution in [3.8, 4) is 0 Å². The Morgan fingerprint density at radius 2 is 2.15 bits per heavy atom. The van der Waals surface area contributed by atoms with E-state index >= 15 is 0 Å². The fraction of sp³-hybridized carbons (Fsp3) is 0.737. The lowest BCUT2D eigenvalue weighted by Crippen LogP contribution is -2.50. The van der Waals surface area contributed by atoms with Gasteiger partial charge in [-0.3, -0.25) is 4.98 Å². The van der Waals surface area contributed by atoms with Crippen LogP contribution in [0.2, 0.25) is 0 Å². The van der Waals surface area contributed by atoms with E-state index in [-0.39, 0.29) is 11.4 Å². The first-order valence-corrected chi connectivity index (χ1v) is 11.3. The number of sulfonamides is 1. The first kappa shape index (κ1) is 19.7. The predicted octanol–water partition coefficient (Wildman–Crippen LogP) is 2.60. The van der Waals surface area contributed by atoms with E-state index in [4.69, 9.17) is 9.47 Å². The molecule has 0 N–H and O–H groups in total. The molecule has 1 unspecified atom stereocenters. The van der Waals surface area contributed by atoms with Crippen LogP contribution in [-0.2, 0) is 26.1 Å². The van der Waals surface area contributed by atoms with Crippen molar-refractivity contribution >= 4 is 10.0 Å². The van der Waals surface area contributed by atoms with E-state index in [0.29, 0.717) is 38.6 Å². The van der Waals surface area contributed by atoms with Gasteiger partial charge in [0, 0.05) is 32.5 Å². The molecular weight excluding hydrogens is 352 g/mol. The summed E-state index contributed by atoms with van der Waals surface area (Å²) in [5.74, 6) is 0.688. The van der Waals surface area contributed by atoms with Crippen LogP contribution in [0, 0.1) is 5.92 Å². The van der Waals surface area contributed by atoms with E-state index in [1.807, 2.05) is 25.1 Å². The lowest BCUT2D eigenvalue weighted by Gasteiger charge is -2.41. The standard InChI is InChI=1S/C19H30N2O4S/c1-2-15-26(22,23)21-11-8-19(9-12-21)17(7-14-25-19)6-13-24-16-18-5-3-4-10-20-18/h3-5,10,17H,2,6-9,11-16H2,1H3. The SMILES string of the molecule is CCCS(=O)(=O)N1CCC2(CC1)OCCC2CCOCc1ccccn1. The number of rotatable bonds is 8. The van der Waals surface area contributed by atoms with Crippen molar-refractivity contribution in [3.05, 3.63) is 30.1 Å². The third kappa shape index (κ3) is 4.63. The van der Waals surface area contributed by atoms with E-state index < -0.39 is 10.0 Å². The van der Waals surface area contributed by atoms with Gasteiger partial charge in [-0.1, -0.05) is 13.0 Å². The molecule has 1 aromatic heterocycles. The summed E-state index contributed by atoms with van der Waals surface area (Å²) < 4.78 is 38.1. The zero-order chi connectivity index (χ0) is 18.5. The van der Waals surface area contributed by atoms with E-state index in [1.165, 1.54) is 0 Å². The van der Waals surface area contributed by atoms with Gasteiger partial charge in [-0.15, -0.1) is 0 Å². The van der Waals surface area contributed by atoms with Gasteiger partial charge >= 0.3 is 0 Å². The molecule has 146 valence electrons. The molecule has 0 aliphatic carbocycles. The highest BCUT2D eigenvalue weighted by molar-refractivity contribution is 7.89. The van der Waals surface area contributed by atoms with E-state index in [9.17, 15) is 8.42 Å². The van der Waals surface area contributed by atoms with Gasteiger partial charge in [-0.05, 0) is 50.2 Å². The van der Waals surface area contributed by atoms with Crippen LogP contribution >= 0.6 is 0 Å². The third-order valence-electron chi connectivity index (χ3n) is 5.61. The van der Waals surface area contributed by atoms with Crippen LogP contribution in [0.25, 0.3) is 0 Å². The minimum absolute atomic E-state index is 0.160. The molecule has 1 spiro atoms. The quantitative estimate of drug-likeness (QED) is 0.647. The van der Waals surface area contributed by atoms with E-state index in [1.54, 1.807) is 10.5 Å². The minimum Gasteiger partial charge on any atom is -0.375 e. The highest BCUT2D eigenvalue weighted by Crippen LogP contribution is 2.42. The fourth-order valence-electron chi connectivity index (χ4n) is 4.16. The molecule has 0 saturated carbocycles. The van der Waals surface area contributed by atoms with Crippen molar-refractivity contribution in [2.75, 3.05) is 32.1 Å². The van der Waals surface area contributed by atoms with Gasteiger partial charge < -0.3 is 9.47 Å². The van der Waals surface area contributed by atoms with Crippen LogP contribution in [0.1, 0.15) is 44.7 Å². The van der Waals surface area contributed by atoms with Crippen molar-refractivity contribution in [1.82, 2.24) is 9.29 Å². The number of aromatic nitrogens is 1. The minimum atomic E-state index is -3.10. The molecule has 6 nitrogen and oxygen atoms in total. The summed E-state index contributed by atoms with van der Waals surface area (Å²) >= 11 is 0. The number of piperidine rings is 1. The van der Waals surface area contributed by atoms with E-state index in [0.717, 1.165) is 38.0 Å². The Balaban J connectivity index is 1.47. The third-order valence-corrected chi connectivity index (χ3v) is 7.69. The molecule has 2 saturated heterocycles. The molecule has 7 heteroatoms. The smallest absolute Gasteiger partial charge is 0.214 e. The van der Waals surface area contributed by atoms with Gasteiger partial charge in [0.25, 0.3) is 0 Å². The Kier molecular flexibility index (Phi) is 6.66. The monoisotopic (exact) mass is 382 g/mol. The summed E-state index contributed by atoms with van der Waals surface area (Å²) in [5.41, 5.74) is 0.784. The number of nitrogens with zero attached hydrogens (tertiary/aromatic N) is 2. The number of ether oxygens (including phenoxy) is 2. The van der Waals surface area contributed by atoms with Gasteiger partial charge in [0.15, 0.2) is 0 Å². The van der Waals surface area contributed by atoms with Gasteiger partial charge in [-0.2, -0.15) is 0 Å². The molecule has 1 aromatic rings. The van der Waals surface area contributed by atoms with E-state index in [2.05, 4.69) is 4.98 Å². The zero-order valence-corrected chi connectivity index (χ0v) is 16.4. The molecular formula is C19H30N2O4S. The highest BCUT2D eigenvalue weighted by atomic mass is 32.2. The molecule has 2 aliphatic heterocycles. The molecule has 3 rings (SSSR count). The van der Waals surface area contributed by atoms with Gasteiger partial charge in [0.2, 0.25) is 10.0 Å². The van der Waals surface area contributed by atoms with Crippen molar-refractivity contribution in [2.45, 2.75) is 51.2 Å². The topological polar surface area (TPSA) is 68.7 Å². The van der Waals surface area contributed by atoms with Crippen molar-refractivity contribution in [1.29, 1.82) is 0 Å². The summed E-state index contributed by atoms with van der Waals surface area (Å²) in [4.78, 5) is 4.27. The van der Waals surface area contributed by atoms with Gasteiger partial charge in [0.05, 0.1) is 23.7 Å². The fourth-order valence-corrected chi connectivity index (χ4v) is 5.67. The Bertz CT molecular complexity index is 657. The summed E-state index contributed by atoms with van der Waals surface area (Å²) in [6, 6.07) is 5.83. The largest absolute Gasteiger partial charge is 0.375 e. The molecule has 3 heterocycles. The predicted molar refractivity (Wildman–Crippen MR) is 100 cm³/mol. The molecule has 26 heavy (non-hydrogen) atoms. The first-order chi connectivity index (χ1) is 12.6. The van der Waals surface area contributed by atoms with Crippen LogP contribution in [0.5, 0.6) is 0 Å². The molecule has 1 atom stereocenters. The summed E-state index contributed by atoms with van der Waals surface area (Å²) in [6.07, 6.45) is 6.01. The Labute approximate surface area is 156 Å². The van der Waals surface area contributed by atoms with Crippen LogP contribution in [0.4, 0.5) is 0 Å². The number of pyridine rings is 1. The van der Waals surface area contributed by atoms with Crippen LogP contribution in [-0.4, -0.2) is 55.4 Å². The number of hydrogen-bond acceptors (Lipinski definition) is 5. The normalized spacial score (nSPS) is 23.5. The molecule has 2 aliphatic rings. The maximum Gasteiger partial charge on any atom is 0.214 e. The average Bonchev–Trinajstić information content (AvgIpc) is 3.02. The lowest BCUT2D eigenvalue weighted by molar-refractivity contribution is -0.0618. The average molecular weight is 383 g/mol. The molecule has 2 fully saturated rings. The lowest BCUT2D eigenvalue weighted by atomic mass is 9.78. The van der Waals surface area contributed by atoms with Crippen molar-refractivity contribution in [2.24, 2.45) is 5.92 Å². The second kappa shape index (κ2) is 8.78.